The molecule has 0 aliphatic heterocycles. The molecule has 19 heteroatoms. The van der Waals surface area contributed by atoms with Crippen LogP contribution < -0.4 is 0 Å². The summed E-state index contributed by atoms with van der Waals surface area (Å²) in [7, 11) is -9.91. The topological polar surface area (TPSA) is 237 Å². The number of aliphatic hydroxyl groups is 1. The Morgan fingerprint density at radius 3 is 0.673 bits per heavy atom. The molecule has 5 atom stereocenters. The minimum atomic E-state index is -4.96. The smallest absolute Gasteiger partial charge is 0.462 e. The minimum Gasteiger partial charge on any atom is -0.462 e. The van der Waals surface area contributed by atoms with E-state index >= 15 is 0 Å². The molecule has 0 heterocycles. The first-order chi connectivity index (χ1) is 48.9. The van der Waals surface area contributed by atoms with Crippen molar-refractivity contribution in [2.45, 2.75) is 452 Å². The molecule has 0 aromatic carbocycles. The number of esters is 4. The van der Waals surface area contributed by atoms with E-state index in [9.17, 15) is 43.2 Å². The van der Waals surface area contributed by atoms with Crippen LogP contribution in [0.25, 0.3) is 0 Å². The molecule has 0 aliphatic rings. The van der Waals surface area contributed by atoms with Crippen molar-refractivity contribution in [3.05, 3.63) is 0 Å². The monoisotopic (exact) mass is 1480 g/mol. The summed E-state index contributed by atoms with van der Waals surface area (Å²) in [6.45, 7) is 9.61. The van der Waals surface area contributed by atoms with Crippen LogP contribution in [0.5, 0.6) is 0 Å². The van der Waals surface area contributed by atoms with Gasteiger partial charge >= 0.3 is 39.5 Å². The van der Waals surface area contributed by atoms with Crippen molar-refractivity contribution < 1.29 is 80.2 Å². The third kappa shape index (κ3) is 76.1. The summed E-state index contributed by atoms with van der Waals surface area (Å²) in [4.78, 5) is 72.8. The molecule has 0 fully saturated rings. The molecule has 0 aromatic heterocycles. The highest BCUT2D eigenvalue weighted by molar-refractivity contribution is 7.47. The van der Waals surface area contributed by atoms with E-state index in [1.54, 1.807) is 0 Å². The molecule has 0 aromatic rings. The average Bonchev–Trinajstić information content (AvgIpc) is 0.934. The first-order valence-electron chi connectivity index (χ1n) is 42.5. The number of rotatable bonds is 81. The van der Waals surface area contributed by atoms with E-state index in [0.717, 1.165) is 108 Å². The quantitative estimate of drug-likeness (QED) is 0.0222. The summed E-state index contributed by atoms with van der Waals surface area (Å²) in [6.07, 6.45) is 64.4. The van der Waals surface area contributed by atoms with E-state index < -0.39 is 97.5 Å². The number of unbranched alkanes of at least 4 members (excludes halogenated alkanes) is 51. The largest absolute Gasteiger partial charge is 0.472 e. The average molecular weight is 1480 g/mol. The number of carbonyl (C=O) groups excluding carboxylic acids is 4. The van der Waals surface area contributed by atoms with E-state index in [1.165, 1.54) is 244 Å². The Labute approximate surface area is 619 Å². The number of carbonyl (C=O) groups is 4. The van der Waals surface area contributed by atoms with Crippen LogP contribution in [0.2, 0.25) is 0 Å². The fraction of sp³-hybridized carbons (Fsp3) is 0.951. The second-order valence-electron chi connectivity index (χ2n) is 30.5. The third-order valence-electron chi connectivity index (χ3n) is 19.2. The van der Waals surface area contributed by atoms with Gasteiger partial charge in [0.15, 0.2) is 12.2 Å². The first-order valence-corrected chi connectivity index (χ1v) is 45.5. The lowest BCUT2D eigenvalue weighted by molar-refractivity contribution is -0.161. The van der Waals surface area contributed by atoms with Crippen LogP contribution in [0.4, 0.5) is 0 Å². The number of hydrogen-bond donors (Lipinski definition) is 3. The number of ether oxygens (including phenoxy) is 4. The zero-order valence-corrected chi connectivity index (χ0v) is 68.0. The molecular formula is C82H160O17P2. The molecule has 0 amide bonds. The van der Waals surface area contributed by atoms with E-state index in [1.807, 2.05) is 0 Å². The van der Waals surface area contributed by atoms with Gasteiger partial charge in [-0.3, -0.25) is 37.3 Å². The Balaban J connectivity index is 5.11. The molecule has 17 nitrogen and oxygen atoms in total. The van der Waals surface area contributed by atoms with Crippen LogP contribution >= 0.6 is 15.6 Å². The summed E-state index contributed by atoms with van der Waals surface area (Å²) in [6, 6.07) is 0. The summed E-state index contributed by atoms with van der Waals surface area (Å²) in [5.41, 5.74) is 0. The number of phosphoric acid groups is 2. The summed E-state index contributed by atoms with van der Waals surface area (Å²) >= 11 is 0. The van der Waals surface area contributed by atoms with E-state index in [4.69, 9.17) is 37.0 Å². The van der Waals surface area contributed by atoms with Crippen molar-refractivity contribution in [3.8, 4) is 0 Å². The first kappa shape index (κ1) is 99.1. The van der Waals surface area contributed by atoms with Crippen LogP contribution in [0.1, 0.15) is 433 Å². The summed E-state index contributed by atoms with van der Waals surface area (Å²) in [5.74, 6) is -0.503. The molecule has 600 valence electrons. The normalized spacial score (nSPS) is 13.9. The fourth-order valence-corrected chi connectivity index (χ4v) is 14.3. The van der Waals surface area contributed by atoms with Crippen LogP contribution in [0.15, 0.2) is 0 Å². The fourth-order valence-electron chi connectivity index (χ4n) is 12.7. The lowest BCUT2D eigenvalue weighted by atomic mass is 10.0. The van der Waals surface area contributed by atoms with Gasteiger partial charge in [-0.2, -0.15) is 0 Å². The predicted molar refractivity (Wildman–Crippen MR) is 414 cm³/mol. The van der Waals surface area contributed by atoms with E-state index in [0.29, 0.717) is 25.7 Å². The Kier molecular flexibility index (Phi) is 72.2. The Morgan fingerprint density at radius 2 is 0.455 bits per heavy atom. The van der Waals surface area contributed by atoms with Crippen molar-refractivity contribution in [1.29, 1.82) is 0 Å². The van der Waals surface area contributed by atoms with Crippen LogP contribution in [-0.4, -0.2) is 96.7 Å². The zero-order valence-electron chi connectivity index (χ0n) is 66.2. The highest BCUT2D eigenvalue weighted by Crippen LogP contribution is 2.45. The van der Waals surface area contributed by atoms with Crippen LogP contribution in [0.3, 0.4) is 0 Å². The van der Waals surface area contributed by atoms with E-state index in [-0.39, 0.29) is 25.7 Å². The van der Waals surface area contributed by atoms with Gasteiger partial charge in [0.1, 0.15) is 19.3 Å². The summed E-state index contributed by atoms with van der Waals surface area (Å²) in [5, 5.41) is 10.6. The summed E-state index contributed by atoms with van der Waals surface area (Å²) < 4.78 is 68.5. The van der Waals surface area contributed by atoms with Crippen LogP contribution in [-0.2, 0) is 65.4 Å². The maximum Gasteiger partial charge on any atom is 0.472 e. The van der Waals surface area contributed by atoms with Gasteiger partial charge in [-0.15, -0.1) is 0 Å². The number of aliphatic hydroxyl groups excluding tert-OH is 1. The van der Waals surface area contributed by atoms with Gasteiger partial charge in [0, 0.05) is 25.7 Å². The highest BCUT2D eigenvalue weighted by Gasteiger charge is 2.30. The molecule has 0 rings (SSSR count). The Morgan fingerprint density at radius 1 is 0.267 bits per heavy atom. The molecule has 3 N–H and O–H groups in total. The molecular weight excluding hydrogens is 1320 g/mol. The second-order valence-corrected chi connectivity index (χ2v) is 33.4. The maximum absolute atomic E-state index is 13.1. The van der Waals surface area contributed by atoms with Gasteiger partial charge in [-0.05, 0) is 37.5 Å². The zero-order chi connectivity index (χ0) is 74.2. The molecule has 0 saturated carbocycles. The van der Waals surface area contributed by atoms with Gasteiger partial charge in [-0.1, -0.05) is 382 Å². The van der Waals surface area contributed by atoms with Crippen molar-refractivity contribution in [3.63, 3.8) is 0 Å². The third-order valence-corrected chi connectivity index (χ3v) is 21.1. The molecule has 2 unspecified atom stereocenters. The number of hydrogen-bond acceptors (Lipinski definition) is 15. The molecule has 101 heavy (non-hydrogen) atoms. The second kappa shape index (κ2) is 73.6. The van der Waals surface area contributed by atoms with Gasteiger partial charge < -0.3 is 33.8 Å². The molecule has 0 bridgehead atoms. The number of phosphoric ester groups is 2. The van der Waals surface area contributed by atoms with Gasteiger partial charge in [0.2, 0.25) is 0 Å². The predicted octanol–water partition coefficient (Wildman–Crippen LogP) is 24.7. The lowest BCUT2D eigenvalue weighted by Gasteiger charge is -2.21. The van der Waals surface area contributed by atoms with Crippen molar-refractivity contribution in [1.82, 2.24) is 0 Å². The van der Waals surface area contributed by atoms with E-state index in [2.05, 4.69) is 41.5 Å². The SMILES string of the molecule is CCCCCCCCCCCCCCCCCCCCC(=O)OC[C@H](COP(=O)(O)OC[C@@H](O)COP(=O)(O)OC[C@@H](COC(=O)CCCCCCC)OC(=O)CCCCCCCCCCCCCCCCC(C)C)OC(=O)CCCCCCCCCCCCCCCCCCCCC(C)C. The van der Waals surface area contributed by atoms with Crippen LogP contribution in [0, 0.1) is 11.8 Å². The standard InChI is InChI=1S/C82H160O17P2/c1-7-9-11-13-14-15-16-17-18-19-23-26-32-37-42-47-53-59-65-80(85)93-71-78(99-82(87)67-61-54-48-43-38-33-27-24-21-20-22-25-30-35-40-45-51-56-62-74(3)4)73-97-101(90,91)95-69-76(83)68-94-100(88,89)96-72-77(70-92-79(84)64-58-50-12-10-8-2)98-81(86)66-60-55-49-44-39-34-29-28-31-36-41-46-52-57-63-75(5)6/h74-78,83H,7-73H2,1-6H3,(H,88,89)(H,90,91)/t76-,77+,78+/m0/s1. The van der Waals surface area contributed by atoms with Crippen molar-refractivity contribution in [2.75, 3.05) is 39.6 Å². The van der Waals surface area contributed by atoms with Crippen molar-refractivity contribution in [2.24, 2.45) is 11.8 Å². The minimum absolute atomic E-state index is 0.107. The molecule has 0 spiro atoms. The van der Waals surface area contributed by atoms with Crippen molar-refractivity contribution >= 4 is 39.5 Å². The van der Waals surface area contributed by atoms with Gasteiger partial charge in [-0.25, -0.2) is 9.13 Å². The van der Waals surface area contributed by atoms with Gasteiger partial charge in [0.05, 0.1) is 26.4 Å². The molecule has 0 radical (unpaired) electrons. The maximum atomic E-state index is 13.1. The lowest BCUT2D eigenvalue weighted by Crippen LogP contribution is -2.30. The highest BCUT2D eigenvalue weighted by atomic mass is 31.2. The Hall–Kier alpha value is -1.94. The van der Waals surface area contributed by atoms with Gasteiger partial charge in [0.25, 0.3) is 0 Å². The molecule has 0 saturated heterocycles. The Bertz CT molecular complexity index is 1940. The molecule has 0 aliphatic carbocycles.